The van der Waals surface area contributed by atoms with Crippen LogP contribution in [-0.2, 0) is 50.7 Å². The number of H-pyrrole nitrogens is 1. The molecule has 3 aromatic heterocycles. The van der Waals surface area contributed by atoms with Crippen molar-refractivity contribution in [1.82, 2.24) is 35.1 Å². The van der Waals surface area contributed by atoms with Gasteiger partial charge in [0.25, 0.3) is 0 Å². The molecule has 0 radical (unpaired) electrons. The van der Waals surface area contributed by atoms with Gasteiger partial charge in [0.1, 0.15) is 36.3 Å². The molecular formula is C32H43N8O17P3S. The molecule has 334 valence electrons. The molecule has 1 aliphatic rings. The van der Waals surface area contributed by atoms with Crippen LogP contribution in [0.2, 0.25) is 0 Å². The third-order valence-corrected chi connectivity index (χ3v) is 12.7. The number of imidazole rings is 1. The molecule has 0 aliphatic carbocycles. The Balaban J connectivity index is 1.03. The van der Waals surface area contributed by atoms with Gasteiger partial charge < -0.3 is 55.9 Å². The number of carbonyl (C=O) groups excluding carboxylic acids is 3. The lowest BCUT2D eigenvalue weighted by atomic mass is 9.87. The number of thioether (sulfide) groups is 1. The molecule has 7 atom stereocenters. The summed E-state index contributed by atoms with van der Waals surface area (Å²) in [6.07, 6.45) is -2.05. The van der Waals surface area contributed by atoms with E-state index in [4.69, 9.17) is 19.5 Å². The molecule has 0 bridgehead atoms. The number of fused-ring (bicyclic) bond motifs is 2. The summed E-state index contributed by atoms with van der Waals surface area (Å²) in [6, 6.07) is 7.63. The van der Waals surface area contributed by atoms with Crippen molar-refractivity contribution >= 4 is 86.1 Å². The van der Waals surface area contributed by atoms with E-state index in [9.17, 15) is 57.9 Å². The summed E-state index contributed by atoms with van der Waals surface area (Å²) in [5.41, 5.74) is 6.04. The highest BCUT2D eigenvalue weighted by molar-refractivity contribution is 8.14. The van der Waals surface area contributed by atoms with Crippen molar-refractivity contribution in [3.05, 3.63) is 54.8 Å². The SMILES string of the molecule is CC(C)(COP(=O)(O)OP(=O)(O)OC[C@H]1O[C@@H](n2cnc3c(N)ncnc32)[C@H](O)[C@@H]1OP(=O)(O)O)C(O)C(=O)NCCC(=O)NCCSC(=O)C=Cc1c[nH]c2ccccc12. The summed E-state index contributed by atoms with van der Waals surface area (Å²) >= 11 is 1.00. The van der Waals surface area contributed by atoms with Gasteiger partial charge in [-0.3, -0.25) is 32.5 Å². The second-order valence-electron chi connectivity index (χ2n) is 13.9. The molecule has 4 heterocycles. The normalized spacial score (nSPS) is 21.0. The van der Waals surface area contributed by atoms with Gasteiger partial charge in [0, 0.05) is 47.8 Å². The molecule has 5 rings (SSSR count). The summed E-state index contributed by atoms with van der Waals surface area (Å²) in [7, 11) is -16.4. The van der Waals surface area contributed by atoms with Crippen LogP contribution in [0.4, 0.5) is 5.82 Å². The van der Waals surface area contributed by atoms with Crippen molar-refractivity contribution in [2.45, 2.75) is 50.9 Å². The Morgan fingerprint density at radius 3 is 2.52 bits per heavy atom. The molecule has 1 saturated heterocycles. The number of phosphoric acid groups is 3. The molecule has 29 heteroatoms. The first-order valence-electron chi connectivity index (χ1n) is 17.9. The minimum Gasteiger partial charge on any atom is -0.386 e. The smallest absolute Gasteiger partial charge is 0.386 e. The van der Waals surface area contributed by atoms with Crippen LogP contribution in [0.15, 0.2) is 49.2 Å². The fourth-order valence-electron chi connectivity index (χ4n) is 5.72. The molecular weight excluding hydrogens is 893 g/mol. The lowest BCUT2D eigenvalue weighted by molar-refractivity contribution is -0.137. The van der Waals surface area contributed by atoms with Crippen molar-refractivity contribution in [3.8, 4) is 0 Å². The highest BCUT2D eigenvalue weighted by atomic mass is 32.2. The Kier molecular flexibility index (Phi) is 15.8. The average Bonchev–Trinajstić information content (AvgIpc) is 3.89. The zero-order chi connectivity index (χ0) is 44.8. The number of ether oxygens (including phenoxy) is 1. The summed E-state index contributed by atoms with van der Waals surface area (Å²) < 4.78 is 62.3. The minimum atomic E-state index is -5.58. The molecule has 25 nitrogen and oxygen atoms in total. The molecule has 0 spiro atoms. The van der Waals surface area contributed by atoms with Crippen LogP contribution in [0, 0.1) is 5.41 Å². The fraction of sp³-hybridized carbons (Fsp3) is 0.438. The second kappa shape index (κ2) is 20.1. The van der Waals surface area contributed by atoms with E-state index in [0.29, 0.717) is 0 Å². The first kappa shape index (κ1) is 48.1. The number of aromatic amines is 1. The van der Waals surface area contributed by atoms with Crippen LogP contribution in [0.5, 0.6) is 0 Å². The van der Waals surface area contributed by atoms with E-state index >= 15 is 0 Å². The highest BCUT2D eigenvalue weighted by Crippen LogP contribution is 2.61. The van der Waals surface area contributed by atoms with E-state index < -0.39 is 84.6 Å². The predicted octanol–water partition coefficient (Wildman–Crippen LogP) is 0.859. The van der Waals surface area contributed by atoms with Gasteiger partial charge in [0.15, 0.2) is 17.7 Å². The van der Waals surface area contributed by atoms with E-state index in [-0.39, 0.29) is 47.4 Å². The van der Waals surface area contributed by atoms with E-state index in [2.05, 4.69) is 39.4 Å². The van der Waals surface area contributed by atoms with Gasteiger partial charge in [-0.15, -0.1) is 0 Å². The predicted molar refractivity (Wildman–Crippen MR) is 214 cm³/mol. The van der Waals surface area contributed by atoms with Gasteiger partial charge in [-0.2, -0.15) is 4.31 Å². The molecule has 1 aromatic carbocycles. The summed E-state index contributed by atoms with van der Waals surface area (Å²) in [5.74, 6) is -1.21. The monoisotopic (exact) mass is 936 g/mol. The zero-order valence-electron chi connectivity index (χ0n) is 32.1. The average molecular weight is 937 g/mol. The topological polar surface area (TPSA) is 379 Å². The van der Waals surface area contributed by atoms with Gasteiger partial charge in [0.2, 0.25) is 16.9 Å². The molecule has 4 aromatic rings. The number of aliphatic hydroxyl groups is 2. The summed E-state index contributed by atoms with van der Waals surface area (Å²) in [5, 5.41) is 27.2. The maximum atomic E-state index is 12.7. The Morgan fingerprint density at radius 1 is 1.07 bits per heavy atom. The van der Waals surface area contributed by atoms with Crippen LogP contribution in [0.25, 0.3) is 28.1 Å². The number of hydrogen-bond donors (Lipinski definition) is 10. The number of nitrogens with one attached hydrogen (secondary N) is 3. The number of nitrogen functional groups attached to an aromatic ring is 1. The number of nitrogens with two attached hydrogens (primary N) is 1. The number of aromatic nitrogens is 5. The maximum Gasteiger partial charge on any atom is 0.481 e. The first-order chi connectivity index (χ1) is 28.6. The number of phosphoric ester groups is 3. The third kappa shape index (κ3) is 13.3. The molecule has 0 saturated carbocycles. The lowest BCUT2D eigenvalue weighted by Gasteiger charge is -2.30. The van der Waals surface area contributed by atoms with Gasteiger partial charge in [-0.25, -0.2) is 28.6 Å². The third-order valence-electron chi connectivity index (χ3n) is 8.77. The zero-order valence-corrected chi connectivity index (χ0v) is 35.6. The van der Waals surface area contributed by atoms with Crippen molar-refractivity contribution in [2.24, 2.45) is 5.41 Å². The molecule has 3 unspecified atom stereocenters. The van der Waals surface area contributed by atoms with Gasteiger partial charge in [0.05, 0.1) is 19.5 Å². The lowest BCUT2D eigenvalue weighted by Crippen LogP contribution is -2.46. The number of carbonyl (C=O) groups is 3. The molecule has 61 heavy (non-hydrogen) atoms. The van der Waals surface area contributed by atoms with Crippen LogP contribution >= 0.6 is 35.2 Å². The fourth-order valence-corrected chi connectivity index (χ4v) is 9.12. The second-order valence-corrected chi connectivity index (χ2v) is 19.2. The number of hydrogen-bond acceptors (Lipinski definition) is 18. The number of nitrogens with zero attached hydrogens (tertiary/aromatic N) is 4. The van der Waals surface area contributed by atoms with Gasteiger partial charge in [-0.1, -0.05) is 43.8 Å². The van der Waals surface area contributed by atoms with Crippen LogP contribution in [-0.4, -0.2) is 128 Å². The molecule has 11 N–H and O–H groups in total. The minimum absolute atomic E-state index is 0.0276. The summed E-state index contributed by atoms with van der Waals surface area (Å²) in [4.78, 5) is 91.3. The van der Waals surface area contributed by atoms with Gasteiger partial charge in [-0.05, 0) is 23.8 Å². The molecule has 1 fully saturated rings. The summed E-state index contributed by atoms with van der Waals surface area (Å²) in [6.45, 7) is 0.409. The standard InChI is InChI=1S/C32H43N8O17P3S/c1-32(2,27(44)30(45)35-10-9-22(41)34-11-12-61-23(42)8-7-18-13-36-20-6-4-3-5-19(18)20)15-54-60(51,52)57-59(49,50)53-14-21-26(56-58(46,47)48)25(43)31(55-21)40-17-39-24-28(33)37-16-38-29(24)40/h3-8,13,16-17,21,25-27,31,36,43-44H,9-12,14-15H2,1-2H3,(H,34,41)(H,35,45)(H,49,50)(H,51,52)(H2,33,37,38)(H2,46,47,48)/t21-,25-,26-,27?,31-/m1/s1. The van der Waals surface area contributed by atoms with Crippen LogP contribution < -0.4 is 16.4 Å². The Bertz CT molecular complexity index is 2390. The Morgan fingerprint density at radius 2 is 1.79 bits per heavy atom. The number of rotatable bonds is 21. The number of para-hydroxylation sites is 1. The largest absolute Gasteiger partial charge is 0.481 e. The Labute approximate surface area is 349 Å². The number of aliphatic hydroxyl groups excluding tert-OH is 2. The highest BCUT2D eigenvalue weighted by Gasteiger charge is 2.50. The van der Waals surface area contributed by atoms with E-state index in [1.54, 1.807) is 12.3 Å². The van der Waals surface area contributed by atoms with Crippen LogP contribution in [0.3, 0.4) is 0 Å². The molecule has 2 amide bonds. The number of amides is 2. The quantitative estimate of drug-likeness (QED) is 0.0314. The van der Waals surface area contributed by atoms with Crippen molar-refractivity contribution in [3.63, 3.8) is 0 Å². The Hall–Kier alpha value is -3.94. The van der Waals surface area contributed by atoms with Gasteiger partial charge >= 0.3 is 23.5 Å². The van der Waals surface area contributed by atoms with Crippen molar-refractivity contribution < 1.29 is 80.5 Å². The van der Waals surface area contributed by atoms with E-state index in [0.717, 1.165) is 45.5 Å². The van der Waals surface area contributed by atoms with E-state index in [1.807, 2.05) is 24.3 Å². The molecule has 1 aliphatic heterocycles. The van der Waals surface area contributed by atoms with E-state index in [1.165, 1.54) is 19.9 Å². The van der Waals surface area contributed by atoms with Crippen molar-refractivity contribution in [1.29, 1.82) is 0 Å². The first-order valence-corrected chi connectivity index (χ1v) is 23.4. The number of benzene rings is 1. The van der Waals surface area contributed by atoms with Crippen molar-refractivity contribution in [2.75, 3.05) is 37.8 Å². The maximum absolute atomic E-state index is 12.7. The van der Waals surface area contributed by atoms with Crippen LogP contribution in [0.1, 0.15) is 32.1 Å². The number of anilines is 1.